The molecule has 5 rings (SSSR count). The Labute approximate surface area is 293 Å². The lowest BCUT2D eigenvalue weighted by Gasteiger charge is -2.61. The normalized spacial score (nSPS) is 33.1. The highest BCUT2D eigenvalue weighted by Gasteiger charge is 2.60. The number of nitrogens with one attached hydrogen (secondary N) is 1. The van der Waals surface area contributed by atoms with Crippen LogP contribution in [0.2, 0.25) is 0 Å². The molecule has 0 aliphatic heterocycles. The number of nitrogens with two attached hydrogens (primary N) is 3. The molecule has 0 aromatic heterocycles. The quantitative estimate of drug-likeness (QED) is 0.0898. The van der Waals surface area contributed by atoms with Gasteiger partial charge in [-0.2, -0.15) is 0 Å². The second-order valence-corrected chi connectivity index (χ2v) is 16.2. The van der Waals surface area contributed by atoms with Crippen LogP contribution in [0.3, 0.4) is 0 Å². The fraction of sp³-hybridized carbons (Fsp3) is 0.744. The van der Waals surface area contributed by atoms with Crippen LogP contribution in [0.5, 0.6) is 0 Å². The van der Waals surface area contributed by atoms with E-state index < -0.39 is 12.0 Å². The number of aliphatic imine (C=N–C) groups is 1. The molecule has 7 N–H and O–H groups in total. The summed E-state index contributed by atoms with van der Waals surface area (Å²) < 4.78 is 11.5. The first-order valence-electron chi connectivity index (χ1n) is 18.9. The molecule has 10 nitrogen and oxygen atoms in total. The van der Waals surface area contributed by atoms with Crippen LogP contribution in [0, 0.1) is 46.3 Å². The van der Waals surface area contributed by atoms with Crippen molar-refractivity contribution in [2.24, 2.45) is 68.5 Å². The number of guanidine groups is 1. The predicted octanol–water partition coefficient (Wildman–Crippen LogP) is 5.21. The molecule has 4 aliphatic rings. The van der Waals surface area contributed by atoms with E-state index in [1.54, 1.807) is 0 Å². The largest absolute Gasteiger partial charge is 0.461 e. The lowest BCUT2D eigenvalue weighted by atomic mass is 9.44. The first-order valence-corrected chi connectivity index (χ1v) is 18.9. The van der Waals surface area contributed by atoms with Crippen LogP contribution < -0.4 is 22.5 Å². The van der Waals surface area contributed by atoms with Crippen molar-refractivity contribution in [2.75, 3.05) is 13.1 Å². The molecule has 0 spiro atoms. The molecule has 49 heavy (non-hydrogen) atoms. The summed E-state index contributed by atoms with van der Waals surface area (Å²) >= 11 is 0. The third-order valence-electron chi connectivity index (χ3n) is 13.4. The molecule has 0 saturated heterocycles. The predicted molar refractivity (Wildman–Crippen MR) is 191 cm³/mol. The van der Waals surface area contributed by atoms with Crippen LogP contribution in [-0.4, -0.2) is 49.0 Å². The van der Waals surface area contributed by atoms with Crippen LogP contribution in [0.1, 0.15) is 110 Å². The molecule has 4 aliphatic carbocycles. The van der Waals surface area contributed by atoms with Crippen LogP contribution >= 0.6 is 0 Å². The number of nitrogens with zero attached hydrogens (tertiary/aromatic N) is 1. The van der Waals surface area contributed by atoms with Gasteiger partial charge in [0.05, 0.1) is 6.04 Å². The minimum atomic E-state index is -0.725. The van der Waals surface area contributed by atoms with Crippen molar-refractivity contribution < 1.29 is 23.9 Å². The van der Waals surface area contributed by atoms with E-state index >= 15 is 0 Å². The topological polar surface area (TPSA) is 172 Å². The third kappa shape index (κ3) is 8.78. The van der Waals surface area contributed by atoms with Crippen molar-refractivity contribution in [3.8, 4) is 0 Å². The van der Waals surface area contributed by atoms with Gasteiger partial charge < -0.3 is 32.0 Å². The Balaban J connectivity index is 1.07. The summed E-state index contributed by atoms with van der Waals surface area (Å²) in [6.45, 7) is 8.05. The average Bonchev–Trinajstić information content (AvgIpc) is 3.44. The van der Waals surface area contributed by atoms with E-state index in [0.717, 1.165) is 49.0 Å². The van der Waals surface area contributed by atoms with Crippen LogP contribution in [-0.2, 0) is 30.5 Å². The number of rotatable bonds is 14. The van der Waals surface area contributed by atoms with E-state index in [2.05, 4.69) is 31.1 Å². The Bertz CT molecular complexity index is 1320. The Morgan fingerprint density at radius 2 is 1.67 bits per heavy atom. The number of carbonyl (C=O) groups is 3. The fourth-order valence-electron chi connectivity index (χ4n) is 10.8. The average molecular weight is 680 g/mol. The molecule has 1 aromatic rings. The van der Waals surface area contributed by atoms with E-state index in [0.29, 0.717) is 55.6 Å². The number of esters is 2. The number of carbonyl (C=O) groups excluding carboxylic acids is 3. The zero-order valence-corrected chi connectivity index (χ0v) is 30.0. The lowest BCUT2D eigenvalue weighted by Crippen LogP contribution is -2.54. The lowest BCUT2D eigenvalue weighted by molar-refractivity contribution is -0.162. The molecule has 0 unspecified atom stereocenters. The molecule has 10 atom stereocenters. The highest BCUT2D eigenvalue weighted by atomic mass is 16.5. The number of amides is 1. The van der Waals surface area contributed by atoms with Gasteiger partial charge >= 0.3 is 11.9 Å². The van der Waals surface area contributed by atoms with Gasteiger partial charge in [0, 0.05) is 13.0 Å². The van der Waals surface area contributed by atoms with Gasteiger partial charge in [-0.05, 0) is 129 Å². The Morgan fingerprint density at radius 3 is 2.43 bits per heavy atom. The van der Waals surface area contributed by atoms with E-state index in [1.165, 1.54) is 38.5 Å². The summed E-state index contributed by atoms with van der Waals surface area (Å²) in [6, 6.07) is 9.17. The van der Waals surface area contributed by atoms with Crippen molar-refractivity contribution in [1.29, 1.82) is 0 Å². The highest BCUT2D eigenvalue weighted by molar-refractivity contribution is 5.85. The van der Waals surface area contributed by atoms with Crippen LogP contribution in [0.25, 0.3) is 0 Å². The molecular weight excluding hydrogens is 618 g/mol. The molecule has 4 saturated carbocycles. The Kier molecular flexibility index (Phi) is 12.3. The van der Waals surface area contributed by atoms with Crippen molar-refractivity contribution in [3.05, 3.63) is 35.9 Å². The van der Waals surface area contributed by atoms with Gasteiger partial charge in [-0.1, -0.05) is 51.1 Å². The van der Waals surface area contributed by atoms with Crippen molar-refractivity contribution in [1.82, 2.24) is 5.32 Å². The summed E-state index contributed by atoms with van der Waals surface area (Å²) in [7, 11) is 0. The first kappa shape index (κ1) is 37.1. The summed E-state index contributed by atoms with van der Waals surface area (Å²) in [5.41, 5.74) is 18.3. The monoisotopic (exact) mass is 679 g/mol. The van der Waals surface area contributed by atoms with Gasteiger partial charge in [-0.3, -0.25) is 19.4 Å². The second-order valence-electron chi connectivity index (χ2n) is 16.2. The highest BCUT2D eigenvalue weighted by Crippen LogP contribution is 2.68. The molecule has 0 radical (unpaired) electrons. The summed E-state index contributed by atoms with van der Waals surface area (Å²) in [5, 5.41) is 2.64. The number of fused-ring (bicyclic) bond motifs is 5. The molecule has 1 amide bonds. The standard InChI is InChI=1S/C39H61N5O5/c1-25(11-16-34(45)48-24-26-8-5-4-6-9-26)30-14-15-31-29-13-12-27-22-28(17-19-38(27,2)32(29)18-20-39(30,31)3)49-35(46)23-44-36(47)33(40)10-7-21-43-37(41)42/h4-6,8-9,25,27-33H,7,10-24,40H2,1-3H3,(H,44,47)(H4,41,42,43)/t25-,27+,28+,29-,30+,31-,32-,33-,38-,39+/m0/s1. The minimum Gasteiger partial charge on any atom is -0.461 e. The van der Waals surface area contributed by atoms with Gasteiger partial charge in [0.1, 0.15) is 19.3 Å². The number of hydrogen-bond donors (Lipinski definition) is 4. The number of ether oxygens (including phenoxy) is 2. The number of benzene rings is 1. The summed E-state index contributed by atoms with van der Waals surface area (Å²) in [6.07, 6.45) is 12.7. The fourth-order valence-corrected chi connectivity index (χ4v) is 10.8. The van der Waals surface area contributed by atoms with Gasteiger partial charge in [0.2, 0.25) is 5.91 Å². The van der Waals surface area contributed by atoms with Crippen molar-refractivity contribution >= 4 is 23.8 Å². The van der Waals surface area contributed by atoms with E-state index in [1.807, 2.05) is 30.3 Å². The van der Waals surface area contributed by atoms with Crippen molar-refractivity contribution in [3.63, 3.8) is 0 Å². The van der Waals surface area contributed by atoms with Gasteiger partial charge in [-0.15, -0.1) is 0 Å². The van der Waals surface area contributed by atoms with Crippen LogP contribution in [0.4, 0.5) is 0 Å². The smallest absolute Gasteiger partial charge is 0.325 e. The van der Waals surface area contributed by atoms with E-state index in [9.17, 15) is 14.4 Å². The summed E-state index contributed by atoms with van der Waals surface area (Å²) in [5.74, 6) is 3.09. The van der Waals surface area contributed by atoms with Gasteiger partial charge in [0.25, 0.3) is 0 Å². The maximum absolute atomic E-state index is 12.7. The zero-order chi connectivity index (χ0) is 35.2. The van der Waals surface area contributed by atoms with Gasteiger partial charge in [0.15, 0.2) is 5.96 Å². The number of hydrogen-bond acceptors (Lipinski definition) is 7. The molecule has 1 aromatic carbocycles. The minimum absolute atomic E-state index is 0.0133. The Morgan fingerprint density at radius 1 is 0.939 bits per heavy atom. The van der Waals surface area contributed by atoms with Crippen LogP contribution in [0.15, 0.2) is 35.3 Å². The molecule has 4 fully saturated rings. The maximum Gasteiger partial charge on any atom is 0.325 e. The van der Waals surface area contributed by atoms with Gasteiger partial charge in [-0.25, -0.2) is 0 Å². The molecular formula is C39H61N5O5. The molecule has 0 bridgehead atoms. The zero-order valence-electron chi connectivity index (χ0n) is 30.0. The Hall–Kier alpha value is -3.14. The third-order valence-corrected chi connectivity index (χ3v) is 13.4. The SMILES string of the molecule is C[C@@H](CCC(=O)OCc1ccccc1)[C@H]1CC[C@H]2[C@@H]3CC[C@@H]4C[C@H](OC(=O)CNC(=O)[C@@H](N)CCCN=C(N)N)CC[C@]4(C)[C@H]3CC[C@]12C. The summed E-state index contributed by atoms with van der Waals surface area (Å²) in [4.78, 5) is 41.6. The molecule has 10 heteroatoms. The molecule has 0 heterocycles. The molecule has 272 valence electrons. The van der Waals surface area contributed by atoms with E-state index in [4.69, 9.17) is 26.7 Å². The van der Waals surface area contributed by atoms with E-state index in [-0.39, 0.29) is 35.9 Å². The van der Waals surface area contributed by atoms with Crippen molar-refractivity contribution in [2.45, 2.75) is 123 Å². The second kappa shape index (κ2) is 16.3. The maximum atomic E-state index is 12.7. The first-order chi connectivity index (χ1) is 23.4.